The summed E-state index contributed by atoms with van der Waals surface area (Å²) >= 11 is 3.37. The monoisotopic (exact) mass is 280 g/mol. The lowest BCUT2D eigenvalue weighted by molar-refractivity contribution is 0.412. The highest BCUT2D eigenvalue weighted by atomic mass is 79.9. The first-order chi connectivity index (χ1) is 7.70. The number of rotatable bonds is 2. The van der Waals surface area contributed by atoms with Crippen molar-refractivity contribution in [2.24, 2.45) is 0 Å². The first-order valence-corrected chi connectivity index (χ1v) is 5.39. The van der Waals surface area contributed by atoms with Gasteiger partial charge in [-0.05, 0) is 34.1 Å². The van der Waals surface area contributed by atoms with Gasteiger partial charge in [0.15, 0.2) is 0 Å². The Morgan fingerprint density at radius 1 is 1.31 bits per heavy atom. The van der Waals surface area contributed by atoms with E-state index in [9.17, 15) is 4.79 Å². The van der Waals surface area contributed by atoms with Gasteiger partial charge in [-0.2, -0.15) is 5.10 Å². The molecule has 0 unspecified atom stereocenters. The summed E-state index contributed by atoms with van der Waals surface area (Å²) in [7, 11) is 1.60. The third kappa shape index (κ3) is 2.14. The van der Waals surface area contributed by atoms with Gasteiger partial charge in [-0.25, -0.2) is 5.10 Å². The highest BCUT2D eigenvalue weighted by Crippen LogP contribution is 2.29. The van der Waals surface area contributed by atoms with Crippen molar-refractivity contribution in [2.45, 2.75) is 0 Å². The highest BCUT2D eigenvalue weighted by Gasteiger charge is 2.04. The molecule has 4 nitrogen and oxygen atoms in total. The van der Waals surface area contributed by atoms with E-state index in [-0.39, 0.29) is 5.56 Å². The van der Waals surface area contributed by atoms with E-state index in [1.807, 2.05) is 18.2 Å². The average molecular weight is 281 g/mol. The van der Waals surface area contributed by atoms with E-state index in [0.717, 1.165) is 15.8 Å². The molecule has 0 fully saturated rings. The fourth-order valence-corrected chi connectivity index (χ4v) is 1.73. The molecule has 0 spiro atoms. The number of nitrogens with one attached hydrogen (secondary N) is 1. The Kier molecular flexibility index (Phi) is 3.05. The molecule has 82 valence electrons. The van der Waals surface area contributed by atoms with E-state index in [1.54, 1.807) is 13.2 Å². The minimum absolute atomic E-state index is 0.215. The lowest BCUT2D eigenvalue weighted by Gasteiger charge is -2.05. The molecule has 0 saturated heterocycles. The van der Waals surface area contributed by atoms with Gasteiger partial charge in [0.1, 0.15) is 5.75 Å². The van der Waals surface area contributed by atoms with Gasteiger partial charge < -0.3 is 4.74 Å². The SMILES string of the molecule is COc1cc(-c2ccc(=O)[nH]n2)ccc1Br. The minimum Gasteiger partial charge on any atom is -0.496 e. The predicted molar refractivity (Wildman–Crippen MR) is 64.5 cm³/mol. The molecule has 1 aromatic carbocycles. The molecule has 0 amide bonds. The first kappa shape index (κ1) is 10.9. The molecule has 2 rings (SSSR count). The van der Waals surface area contributed by atoms with Crippen LogP contribution in [0, 0.1) is 0 Å². The molecule has 0 saturated carbocycles. The number of nitrogens with zero attached hydrogens (tertiary/aromatic N) is 1. The van der Waals surface area contributed by atoms with Crippen molar-refractivity contribution >= 4 is 15.9 Å². The largest absolute Gasteiger partial charge is 0.496 e. The van der Waals surface area contributed by atoms with Gasteiger partial charge in [-0.15, -0.1) is 0 Å². The molecule has 0 aliphatic rings. The van der Waals surface area contributed by atoms with Crippen molar-refractivity contribution in [3.05, 3.63) is 45.2 Å². The van der Waals surface area contributed by atoms with Crippen LogP contribution in [0.4, 0.5) is 0 Å². The van der Waals surface area contributed by atoms with Crippen molar-refractivity contribution in [2.75, 3.05) is 7.11 Å². The molecule has 1 N–H and O–H groups in total. The summed E-state index contributed by atoms with van der Waals surface area (Å²) in [5, 5.41) is 6.34. The fraction of sp³-hybridized carbons (Fsp3) is 0.0909. The molecular weight excluding hydrogens is 272 g/mol. The third-order valence-electron chi connectivity index (χ3n) is 2.13. The van der Waals surface area contributed by atoms with E-state index in [0.29, 0.717) is 5.69 Å². The van der Waals surface area contributed by atoms with Gasteiger partial charge in [-0.3, -0.25) is 4.79 Å². The summed E-state index contributed by atoms with van der Waals surface area (Å²) < 4.78 is 6.06. The zero-order valence-electron chi connectivity index (χ0n) is 8.53. The van der Waals surface area contributed by atoms with Gasteiger partial charge in [0.05, 0.1) is 17.3 Å². The maximum absolute atomic E-state index is 10.9. The van der Waals surface area contributed by atoms with Crippen LogP contribution >= 0.6 is 15.9 Å². The second kappa shape index (κ2) is 4.49. The molecule has 0 radical (unpaired) electrons. The molecule has 1 aromatic heterocycles. The summed E-state index contributed by atoms with van der Waals surface area (Å²) in [5.41, 5.74) is 1.37. The maximum Gasteiger partial charge on any atom is 0.264 e. The molecular formula is C11H9BrN2O2. The number of H-pyrrole nitrogens is 1. The summed E-state index contributed by atoms with van der Waals surface area (Å²) in [4.78, 5) is 10.9. The van der Waals surface area contributed by atoms with Gasteiger partial charge in [0.2, 0.25) is 0 Å². The number of hydrogen-bond donors (Lipinski definition) is 1. The Morgan fingerprint density at radius 2 is 2.12 bits per heavy atom. The van der Waals surface area contributed by atoms with Crippen LogP contribution in [-0.2, 0) is 0 Å². The molecule has 16 heavy (non-hydrogen) atoms. The quantitative estimate of drug-likeness (QED) is 0.918. The lowest BCUT2D eigenvalue weighted by Crippen LogP contribution is -2.05. The van der Waals surface area contributed by atoms with Crippen LogP contribution in [0.15, 0.2) is 39.6 Å². The molecule has 1 heterocycles. The molecule has 5 heteroatoms. The first-order valence-electron chi connectivity index (χ1n) is 4.60. The standard InChI is InChI=1S/C11H9BrN2O2/c1-16-10-6-7(2-3-8(10)12)9-4-5-11(15)14-13-9/h2-6H,1H3,(H,14,15). The average Bonchev–Trinajstić information content (AvgIpc) is 2.31. The Hall–Kier alpha value is -1.62. The molecule has 2 aromatic rings. The summed E-state index contributed by atoms with van der Waals surface area (Å²) in [5.74, 6) is 0.727. The summed E-state index contributed by atoms with van der Waals surface area (Å²) in [6.07, 6.45) is 0. The van der Waals surface area contributed by atoms with Crippen molar-refractivity contribution in [1.82, 2.24) is 10.2 Å². The molecule has 0 bridgehead atoms. The number of methoxy groups -OCH3 is 1. The van der Waals surface area contributed by atoms with E-state index in [1.165, 1.54) is 6.07 Å². The summed E-state index contributed by atoms with van der Waals surface area (Å²) in [6.45, 7) is 0. The second-order valence-electron chi connectivity index (χ2n) is 3.16. The lowest BCUT2D eigenvalue weighted by atomic mass is 10.1. The topological polar surface area (TPSA) is 55.0 Å². The smallest absolute Gasteiger partial charge is 0.264 e. The van der Waals surface area contributed by atoms with Crippen molar-refractivity contribution in [3.8, 4) is 17.0 Å². The number of aromatic nitrogens is 2. The fourth-order valence-electron chi connectivity index (χ4n) is 1.32. The van der Waals surface area contributed by atoms with Crippen molar-refractivity contribution in [3.63, 3.8) is 0 Å². The van der Waals surface area contributed by atoms with Crippen LogP contribution in [-0.4, -0.2) is 17.3 Å². The van der Waals surface area contributed by atoms with Crippen LogP contribution in [0.25, 0.3) is 11.3 Å². The van der Waals surface area contributed by atoms with Crippen LogP contribution in [0.1, 0.15) is 0 Å². The Bertz CT molecular complexity index is 546. The van der Waals surface area contributed by atoms with E-state index >= 15 is 0 Å². The predicted octanol–water partition coefficient (Wildman–Crippen LogP) is 2.21. The molecule has 0 aliphatic heterocycles. The Balaban J connectivity index is 2.48. The Morgan fingerprint density at radius 3 is 2.75 bits per heavy atom. The number of aromatic amines is 1. The van der Waals surface area contributed by atoms with Crippen LogP contribution in [0.3, 0.4) is 0 Å². The Labute approximate surface area is 100 Å². The highest BCUT2D eigenvalue weighted by molar-refractivity contribution is 9.10. The number of benzene rings is 1. The van der Waals surface area contributed by atoms with E-state index in [2.05, 4.69) is 26.1 Å². The molecule has 0 atom stereocenters. The van der Waals surface area contributed by atoms with Crippen LogP contribution in [0.2, 0.25) is 0 Å². The van der Waals surface area contributed by atoms with Gasteiger partial charge >= 0.3 is 0 Å². The third-order valence-corrected chi connectivity index (χ3v) is 2.78. The van der Waals surface area contributed by atoms with Crippen molar-refractivity contribution < 1.29 is 4.74 Å². The zero-order valence-corrected chi connectivity index (χ0v) is 10.1. The molecule has 0 aliphatic carbocycles. The van der Waals surface area contributed by atoms with E-state index in [4.69, 9.17) is 4.74 Å². The van der Waals surface area contributed by atoms with Gasteiger partial charge in [-0.1, -0.05) is 6.07 Å². The van der Waals surface area contributed by atoms with Crippen LogP contribution in [0.5, 0.6) is 5.75 Å². The second-order valence-corrected chi connectivity index (χ2v) is 4.01. The normalized spacial score (nSPS) is 10.1. The number of halogens is 1. The minimum atomic E-state index is -0.215. The van der Waals surface area contributed by atoms with Crippen LogP contribution < -0.4 is 10.3 Å². The number of hydrogen-bond acceptors (Lipinski definition) is 3. The van der Waals surface area contributed by atoms with Crippen molar-refractivity contribution in [1.29, 1.82) is 0 Å². The van der Waals surface area contributed by atoms with Gasteiger partial charge in [0.25, 0.3) is 5.56 Å². The summed E-state index contributed by atoms with van der Waals surface area (Å²) in [6, 6.07) is 8.73. The maximum atomic E-state index is 10.9. The van der Waals surface area contributed by atoms with Gasteiger partial charge in [0, 0.05) is 11.6 Å². The number of ether oxygens (including phenoxy) is 1. The van der Waals surface area contributed by atoms with E-state index < -0.39 is 0 Å². The zero-order chi connectivity index (χ0) is 11.5.